The zero-order valence-corrected chi connectivity index (χ0v) is 17.2. The summed E-state index contributed by atoms with van der Waals surface area (Å²) in [6.45, 7) is 5.11. The van der Waals surface area contributed by atoms with Crippen LogP contribution in [0.2, 0.25) is 0 Å². The summed E-state index contributed by atoms with van der Waals surface area (Å²) in [6, 6.07) is 10.2. The number of rotatable bonds is 6. The number of hydrogen-bond acceptors (Lipinski definition) is 3. The van der Waals surface area contributed by atoms with Gasteiger partial charge in [0, 0.05) is 32.6 Å². The summed E-state index contributed by atoms with van der Waals surface area (Å²) in [4.78, 5) is 28.5. The van der Waals surface area contributed by atoms with Gasteiger partial charge in [-0.05, 0) is 62.8 Å². The minimum absolute atomic E-state index is 0.0490. The first kappa shape index (κ1) is 20.8. The second-order valence-electron chi connectivity index (χ2n) is 8.61. The molecule has 0 bridgehead atoms. The maximum atomic E-state index is 12.6. The third-order valence-corrected chi connectivity index (χ3v) is 6.42. The number of benzene rings is 1. The van der Waals surface area contributed by atoms with Gasteiger partial charge in [0.25, 0.3) is 0 Å². The largest absolute Gasteiger partial charge is 0.343 e. The van der Waals surface area contributed by atoms with Gasteiger partial charge in [0.05, 0.1) is 6.04 Å². The van der Waals surface area contributed by atoms with E-state index >= 15 is 0 Å². The third kappa shape index (κ3) is 5.81. The SMILES string of the molecule is C[C@@H](N)C(=O)N1CCC(CCC(=O)N2CCC(Cc3ccccc3)CC2)CC1. The number of likely N-dealkylation sites (tertiary alicyclic amines) is 2. The highest BCUT2D eigenvalue weighted by Crippen LogP contribution is 2.25. The molecule has 2 aliphatic heterocycles. The van der Waals surface area contributed by atoms with Crippen LogP contribution in [0, 0.1) is 11.8 Å². The molecule has 2 N–H and O–H groups in total. The molecule has 3 rings (SSSR count). The molecule has 2 aliphatic rings. The van der Waals surface area contributed by atoms with E-state index in [1.165, 1.54) is 5.56 Å². The molecule has 0 aromatic heterocycles. The molecular weight excluding hydrogens is 350 g/mol. The molecule has 2 saturated heterocycles. The highest BCUT2D eigenvalue weighted by Gasteiger charge is 2.26. The Hall–Kier alpha value is -1.88. The van der Waals surface area contributed by atoms with E-state index in [2.05, 4.69) is 35.2 Å². The van der Waals surface area contributed by atoms with Crippen LogP contribution in [-0.2, 0) is 16.0 Å². The van der Waals surface area contributed by atoms with Gasteiger partial charge in [-0.15, -0.1) is 0 Å². The van der Waals surface area contributed by atoms with E-state index in [0.717, 1.165) is 64.7 Å². The number of amides is 2. The lowest BCUT2D eigenvalue weighted by atomic mass is 9.89. The van der Waals surface area contributed by atoms with Crippen molar-refractivity contribution in [1.29, 1.82) is 0 Å². The molecule has 1 atom stereocenters. The van der Waals surface area contributed by atoms with Crippen LogP contribution in [0.15, 0.2) is 30.3 Å². The maximum Gasteiger partial charge on any atom is 0.239 e. The van der Waals surface area contributed by atoms with E-state index in [4.69, 9.17) is 5.73 Å². The molecule has 2 fully saturated rings. The monoisotopic (exact) mass is 385 g/mol. The Morgan fingerprint density at radius 2 is 1.54 bits per heavy atom. The predicted molar refractivity (Wildman–Crippen MR) is 112 cm³/mol. The van der Waals surface area contributed by atoms with E-state index in [-0.39, 0.29) is 5.91 Å². The third-order valence-electron chi connectivity index (χ3n) is 6.42. The predicted octanol–water partition coefficient (Wildman–Crippen LogP) is 2.83. The van der Waals surface area contributed by atoms with Gasteiger partial charge in [-0.3, -0.25) is 9.59 Å². The summed E-state index contributed by atoms with van der Waals surface area (Å²) < 4.78 is 0. The maximum absolute atomic E-state index is 12.6. The fraction of sp³-hybridized carbons (Fsp3) is 0.652. The molecule has 5 heteroatoms. The smallest absolute Gasteiger partial charge is 0.239 e. The second kappa shape index (κ2) is 10.1. The van der Waals surface area contributed by atoms with Crippen molar-refractivity contribution in [3.05, 3.63) is 35.9 Å². The van der Waals surface area contributed by atoms with Crippen molar-refractivity contribution in [3.63, 3.8) is 0 Å². The van der Waals surface area contributed by atoms with Gasteiger partial charge in [-0.1, -0.05) is 30.3 Å². The minimum Gasteiger partial charge on any atom is -0.343 e. The number of carbonyl (C=O) groups is 2. The average Bonchev–Trinajstić information content (AvgIpc) is 2.73. The summed E-state index contributed by atoms with van der Waals surface area (Å²) in [7, 11) is 0. The lowest BCUT2D eigenvalue weighted by molar-refractivity contribution is -0.135. The Kier molecular flexibility index (Phi) is 7.49. The number of nitrogens with zero attached hydrogens (tertiary/aromatic N) is 2. The molecule has 0 radical (unpaired) electrons. The first-order valence-corrected chi connectivity index (χ1v) is 10.9. The fourth-order valence-corrected chi connectivity index (χ4v) is 4.55. The van der Waals surface area contributed by atoms with Crippen molar-refractivity contribution < 1.29 is 9.59 Å². The Balaban J connectivity index is 1.33. The van der Waals surface area contributed by atoms with Crippen LogP contribution in [0.5, 0.6) is 0 Å². The number of carbonyl (C=O) groups excluding carboxylic acids is 2. The summed E-state index contributed by atoms with van der Waals surface area (Å²) in [5.41, 5.74) is 7.10. The second-order valence-corrected chi connectivity index (χ2v) is 8.61. The molecule has 0 unspecified atom stereocenters. The summed E-state index contributed by atoms with van der Waals surface area (Å²) in [6.07, 6.45) is 6.92. The van der Waals surface area contributed by atoms with Gasteiger partial charge in [0.1, 0.15) is 0 Å². The molecule has 154 valence electrons. The van der Waals surface area contributed by atoms with E-state index in [1.54, 1.807) is 6.92 Å². The van der Waals surface area contributed by atoms with Crippen molar-refractivity contribution in [1.82, 2.24) is 9.80 Å². The van der Waals surface area contributed by atoms with Crippen LogP contribution in [0.3, 0.4) is 0 Å². The summed E-state index contributed by atoms with van der Waals surface area (Å²) in [5.74, 6) is 1.61. The van der Waals surface area contributed by atoms with Crippen LogP contribution in [0.25, 0.3) is 0 Å². The highest BCUT2D eigenvalue weighted by molar-refractivity contribution is 5.81. The number of nitrogens with two attached hydrogens (primary N) is 1. The molecule has 2 heterocycles. The fourth-order valence-electron chi connectivity index (χ4n) is 4.55. The quantitative estimate of drug-likeness (QED) is 0.819. The standard InChI is InChI=1S/C23H35N3O2/c1-18(24)23(28)26-15-9-19(10-16-26)7-8-22(27)25-13-11-21(12-14-25)17-20-5-3-2-4-6-20/h2-6,18-19,21H,7-17,24H2,1H3/t18-/m1/s1. The lowest BCUT2D eigenvalue weighted by Gasteiger charge is -2.34. The Labute approximate surface area is 169 Å². The van der Waals surface area contributed by atoms with Gasteiger partial charge in [0.2, 0.25) is 11.8 Å². The lowest BCUT2D eigenvalue weighted by Crippen LogP contribution is -2.46. The van der Waals surface area contributed by atoms with Gasteiger partial charge >= 0.3 is 0 Å². The van der Waals surface area contributed by atoms with Crippen molar-refractivity contribution in [2.45, 2.75) is 57.9 Å². The van der Waals surface area contributed by atoms with Crippen molar-refractivity contribution >= 4 is 11.8 Å². The van der Waals surface area contributed by atoms with Crippen LogP contribution in [-0.4, -0.2) is 53.8 Å². The number of piperidine rings is 2. The molecular formula is C23H35N3O2. The highest BCUT2D eigenvalue weighted by atomic mass is 16.2. The topological polar surface area (TPSA) is 66.6 Å². The number of hydrogen-bond donors (Lipinski definition) is 1. The van der Waals surface area contributed by atoms with Gasteiger partial charge in [0.15, 0.2) is 0 Å². The summed E-state index contributed by atoms with van der Waals surface area (Å²) >= 11 is 0. The van der Waals surface area contributed by atoms with Crippen LogP contribution in [0.4, 0.5) is 0 Å². The first-order chi connectivity index (χ1) is 13.5. The normalized spacial score (nSPS) is 20.2. The molecule has 5 nitrogen and oxygen atoms in total. The van der Waals surface area contributed by atoms with Crippen molar-refractivity contribution in [2.24, 2.45) is 17.6 Å². The van der Waals surface area contributed by atoms with E-state index in [1.807, 2.05) is 4.90 Å². The Bertz CT molecular complexity index is 631. The van der Waals surface area contributed by atoms with Crippen LogP contribution in [0.1, 0.15) is 51.0 Å². The average molecular weight is 386 g/mol. The zero-order chi connectivity index (χ0) is 19.9. The van der Waals surface area contributed by atoms with Gasteiger partial charge < -0.3 is 15.5 Å². The summed E-state index contributed by atoms with van der Waals surface area (Å²) in [5, 5.41) is 0. The molecule has 0 spiro atoms. The van der Waals surface area contributed by atoms with Gasteiger partial charge in [-0.25, -0.2) is 0 Å². The van der Waals surface area contributed by atoms with Crippen molar-refractivity contribution in [2.75, 3.05) is 26.2 Å². The van der Waals surface area contributed by atoms with E-state index in [0.29, 0.717) is 24.2 Å². The zero-order valence-electron chi connectivity index (χ0n) is 17.2. The molecule has 2 amide bonds. The molecule has 28 heavy (non-hydrogen) atoms. The van der Waals surface area contributed by atoms with Crippen molar-refractivity contribution in [3.8, 4) is 0 Å². The Morgan fingerprint density at radius 3 is 2.14 bits per heavy atom. The molecule has 1 aromatic carbocycles. The van der Waals surface area contributed by atoms with E-state index in [9.17, 15) is 9.59 Å². The van der Waals surface area contributed by atoms with Crippen LogP contribution < -0.4 is 5.73 Å². The van der Waals surface area contributed by atoms with E-state index < -0.39 is 6.04 Å². The van der Waals surface area contributed by atoms with Crippen LogP contribution >= 0.6 is 0 Å². The van der Waals surface area contributed by atoms with Gasteiger partial charge in [-0.2, -0.15) is 0 Å². The minimum atomic E-state index is -0.414. The molecule has 0 aliphatic carbocycles. The first-order valence-electron chi connectivity index (χ1n) is 10.9. The Morgan fingerprint density at radius 1 is 0.964 bits per heavy atom. The molecule has 0 saturated carbocycles. The molecule has 1 aromatic rings.